The number of carbonyl (C=O) groups is 3. The van der Waals surface area contributed by atoms with Gasteiger partial charge in [-0.15, -0.1) is 0 Å². The molecule has 0 saturated carbocycles. The van der Waals surface area contributed by atoms with Crippen LogP contribution in [0.25, 0.3) is 0 Å². The Hall–Kier alpha value is -2.19. The summed E-state index contributed by atoms with van der Waals surface area (Å²) >= 11 is 0. The molecular formula is C42H78NO7+. The third-order valence-corrected chi connectivity index (χ3v) is 9.13. The summed E-state index contributed by atoms with van der Waals surface area (Å²) in [5, 5.41) is 9.57. The van der Waals surface area contributed by atoms with E-state index in [1.807, 2.05) is 21.1 Å². The van der Waals surface area contributed by atoms with Crippen molar-refractivity contribution in [3.63, 3.8) is 0 Å². The summed E-state index contributed by atoms with van der Waals surface area (Å²) in [5.41, 5.74) is 0. The SMILES string of the molecule is CCCCC/C=C/C=C/CCCCCCCCCCCCC(=O)OCC(COCCC(C(=O)O)[N+](C)(C)C)OC(=O)CCCCCCCCC. The number of rotatable bonds is 36. The Morgan fingerprint density at radius 1 is 0.600 bits per heavy atom. The number of ether oxygens (including phenoxy) is 3. The lowest BCUT2D eigenvalue weighted by Gasteiger charge is -2.31. The predicted molar refractivity (Wildman–Crippen MR) is 206 cm³/mol. The van der Waals surface area contributed by atoms with Gasteiger partial charge in [0, 0.05) is 19.3 Å². The highest BCUT2D eigenvalue weighted by atomic mass is 16.6. The number of allylic oxidation sites excluding steroid dienone is 4. The molecule has 8 heteroatoms. The number of likely N-dealkylation sites (N-methyl/N-ethyl adjacent to an activating group) is 1. The van der Waals surface area contributed by atoms with Crippen molar-refractivity contribution in [1.29, 1.82) is 0 Å². The molecule has 0 fully saturated rings. The van der Waals surface area contributed by atoms with Gasteiger partial charge in [0.15, 0.2) is 12.1 Å². The van der Waals surface area contributed by atoms with Crippen LogP contribution < -0.4 is 0 Å². The van der Waals surface area contributed by atoms with Crippen molar-refractivity contribution < 1.29 is 38.2 Å². The Kier molecular flexibility index (Phi) is 32.4. The van der Waals surface area contributed by atoms with Gasteiger partial charge in [0.05, 0.1) is 34.4 Å². The van der Waals surface area contributed by atoms with E-state index in [-0.39, 0.29) is 36.2 Å². The predicted octanol–water partition coefficient (Wildman–Crippen LogP) is 10.5. The molecule has 0 aliphatic carbocycles. The third-order valence-electron chi connectivity index (χ3n) is 9.13. The van der Waals surface area contributed by atoms with Crippen LogP contribution in [-0.4, -0.2) is 80.6 Å². The maximum absolute atomic E-state index is 12.6. The number of carboxylic acids is 1. The normalized spacial score (nSPS) is 13.2. The molecule has 0 aromatic rings. The second kappa shape index (κ2) is 33.9. The molecular weight excluding hydrogens is 630 g/mol. The molecule has 2 atom stereocenters. The molecule has 0 aliphatic rings. The van der Waals surface area contributed by atoms with Crippen molar-refractivity contribution in [2.45, 2.75) is 187 Å². The molecule has 292 valence electrons. The Labute approximate surface area is 307 Å². The third kappa shape index (κ3) is 31.8. The van der Waals surface area contributed by atoms with E-state index in [9.17, 15) is 19.5 Å². The minimum absolute atomic E-state index is 0.0499. The fourth-order valence-electron chi connectivity index (χ4n) is 5.90. The monoisotopic (exact) mass is 709 g/mol. The smallest absolute Gasteiger partial charge is 0.362 e. The van der Waals surface area contributed by atoms with Gasteiger partial charge < -0.3 is 23.8 Å². The van der Waals surface area contributed by atoms with E-state index in [1.165, 1.54) is 103 Å². The van der Waals surface area contributed by atoms with Gasteiger partial charge in [-0.1, -0.05) is 141 Å². The first-order valence-corrected chi connectivity index (χ1v) is 20.4. The van der Waals surface area contributed by atoms with Crippen molar-refractivity contribution in [3.8, 4) is 0 Å². The topological polar surface area (TPSA) is 99.1 Å². The van der Waals surface area contributed by atoms with E-state index in [4.69, 9.17) is 14.2 Å². The first kappa shape index (κ1) is 47.8. The second-order valence-electron chi connectivity index (χ2n) is 14.9. The molecule has 0 rings (SSSR count). The van der Waals surface area contributed by atoms with E-state index in [0.29, 0.717) is 19.3 Å². The number of hydrogen-bond donors (Lipinski definition) is 1. The van der Waals surface area contributed by atoms with Gasteiger partial charge >= 0.3 is 17.9 Å². The minimum atomic E-state index is -0.876. The number of nitrogens with zero attached hydrogens (tertiary/aromatic N) is 1. The zero-order valence-electron chi connectivity index (χ0n) is 33.1. The molecule has 0 heterocycles. The Morgan fingerprint density at radius 2 is 1.04 bits per heavy atom. The van der Waals surface area contributed by atoms with E-state index in [2.05, 4.69) is 38.2 Å². The highest BCUT2D eigenvalue weighted by molar-refractivity contribution is 5.72. The summed E-state index contributed by atoms with van der Waals surface area (Å²) in [6.07, 6.45) is 35.2. The summed E-state index contributed by atoms with van der Waals surface area (Å²) in [4.78, 5) is 36.7. The lowest BCUT2D eigenvalue weighted by molar-refractivity contribution is -0.887. The summed E-state index contributed by atoms with van der Waals surface area (Å²) in [7, 11) is 5.51. The number of carboxylic acid groups (broad SMARTS) is 1. The summed E-state index contributed by atoms with van der Waals surface area (Å²) in [6.45, 7) is 4.66. The van der Waals surface area contributed by atoms with Gasteiger partial charge in [0.1, 0.15) is 6.61 Å². The second-order valence-corrected chi connectivity index (χ2v) is 14.9. The van der Waals surface area contributed by atoms with Crippen LogP contribution in [0.15, 0.2) is 24.3 Å². The zero-order valence-corrected chi connectivity index (χ0v) is 33.1. The average Bonchev–Trinajstić information content (AvgIpc) is 3.06. The number of carbonyl (C=O) groups excluding carboxylic acids is 2. The van der Waals surface area contributed by atoms with E-state index >= 15 is 0 Å². The maximum Gasteiger partial charge on any atom is 0.362 e. The molecule has 0 spiro atoms. The van der Waals surface area contributed by atoms with E-state index in [0.717, 1.165) is 38.5 Å². The molecule has 0 saturated heterocycles. The van der Waals surface area contributed by atoms with Crippen LogP contribution in [0.4, 0.5) is 0 Å². The van der Waals surface area contributed by atoms with Crippen LogP contribution in [0.2, 0.25) is 0 Å². The van der Waals surface area contributed by atoms with Crippen LogP contribution in [0.5, 0.6) is 0 Å². The molecule has 2 unspecified atom stereocenters. The molecule has 50 heavy (non-hydrogen) atoms. The van der Waals surface area contributed by atoms with Crippen LogP contribution in [0, 0.1) is 0 Å². The average molecular weight is 709 g/mol. The fourth-order valence-corrected chi connectivity index (χ4v) is 5.90. The first-order chi connectivity index (χ1) is 24.1. The molecule has 0 bridgehead atoms. The van der Waals surface area contributed by atoms with E-state index in [1.54, 1.807) is 0 Å². The highest BCUT2D eigenvalue weighted by Crippen LogP contribution is 2.14. The van der Waals surface area contributed by atoms with Gasteiger partial charge in [-0.3, -0.25) is 9.59 Å². The Bertz CT molecular complexity index is 880. The molecule has 1 N–H and O–H groups in total. The van der Waals surface area contributed by atoms with Crippen LogP contribution >= 0.6 is 0 Å². The summed E-state index contributed by atoms with van der Waals surface area (Å²) < 4.78 is 17.2. The molecule has 8 nitrogen and oxygen atoms in total. The molecule has 0 aromatic carbocycles. The summed E-state index contributed by atoms with van der Waals surface area (Å²) in [5.74, 6) is -1.47. The van der Waals surface area contributed by atoms with Crippen LogP contribution in [0.1, 0.15) is 174 Å². The lowest BCUT2D eigenvalue weighted by Crippen LogP contribution is -2.50. The Balaban J connectivity index is 4.21. The number of unbranched alkanes of at least 4 members (excludes halogenated alkanes) is 19. The largest absolute Gasteiger partial charge is 0.477 e. The van der Waals surface area contributed by atoms with Gasteiger partial charge in [0.2, 0.25) is 0 Å². The summed E-state index contributed by atoms with van der Waals surface area (Å²) in [6, 6.07) is -0.610. The highest BCUT2D eigenvalue weighted by Gasteiger charge is 2.31. The number of aliphatic carboxylic acids is 1. The van der Waals surface area contributed by atoms with Crippen LogP contribution in [-0.2, 0) is 28.6 Å². The van der Waals surface area contributed by atoms with Crippen LogP contribution in [0.3, 0.4) is 0 Å². The van der Waals surface area contributed by atoms with Gasteiger partial charge in [-0.05, 0) is 38.5 Å². The number of hydrogen-bond acceptors (Lipinski definition) is 6. The van der Waals surface area contributed by atoms with Gasteiger partial charge in [-0.2, -0.15) is 0 Å². The van der Waals surface area contributed by atoms with Crippen molar-refractivity contribution in [1.82, 2.24) is 0 Å². The maximum atomic E-state index is 12.6. The zero-order chi connectivity index (χ0) is 37.1. The van der Waals surface area contributed by atoms with Crippen molar-refractivity contribution in [2.75, 3.05) is 41.0 Å². The fraction of sp³-hybridized carbons (Fsp3) is 0.833. The molecule has 0 radical (unpaired) electrons. The van der Waals surface area contributed by atoms with E-state index < -0.39 is 18.1 Å². The molecule has 0 aliphatic heterocycles. The standard InChI is InChI=1S/C42H77NO7/c1-6-8-10-12-14-15-16-17-18-19-20-21-22-23-24-25-27-28-30-32-40(44)49-37-38(36-48-35-34-39(42(46)47)43(3,4)5)50-41(45)33-31-29-26-13-11-9-7-2/h14-17,38-39H,6-13,18-37H2,1-5H3/p+1/b15-14+,17-16+. The first-order valence-electron chi connectivity index (χ1n) is 20.4. The quantitative estimate of drug-likeness (QED) is 0.0299. The Morgan fingerprint density at radius 3 is 1.54 bits per heavy atom. The van der Waals surface area contributed by atoms with Gasteiger partial charge in [0.25, 0.3) is 0 Å². The van der Waals surface area contributed by atoms with Crippen molar-refractivity contribution in [3.05, 3.63) is 24.3 Å². The van der Waals surface area contributed by atoms with Crippen molar-refractivity contribution >= 4 is 17.9 Å². The lowest BCUT2D eigenvalue weighted by atomic mass is 10.1. The van der Waals surface area contributed by atoms with Crippen molar-refractivity contribution in [2.24, 2.45) is 0 Å². The van der Waals surface area contributed by atoms with Gasteiger partial charge in [-0.25, -0.2) is 4.79 Å². The molecule has 0 aromatic heterocycles. The molecule has 0 amide bonds. The number of esters is 2. The number of quaternary nitrogens is 1. The minimum Gasteiger partial charge on any atom is -0.477 e.